The molecule has 1 aliphatic heterocycles. The van der Waals surface area contributed by atoms with Crippen LogP contribution in [0.1, 0.15) is 51.4 Å². The third-order valence-corrected chi connectivity index (χ3v) is 5.04. The van der Waals surface area contributed by atoms with Crippen LogP contribution < -0.4 is 5.32 Å². The van der Waals surface area contributed by atoms with Crippen LogP contribution in [-0.2, 0) is 4.79 Å². The minimum Gasteiger partial charge on any atom is -0.389 e. The van der Waals surface area contributed by atoms with Gasteiger partial charge >= 0.3 is 0 Å². The van der Waals surface area contributed by atoms with Crippen LogP contribution in [0.3, 0.4) is 0 Å². The Balaban J connectivity index is 1.45. The van der Waals surface area contributed by atoms with Crippen molar-refractivity contribution in [2.75, 3.05) is 18.4 Å². The van der Waals surface area contributed by atoms with E-state index in [1.54, 1.807) is 6.20 Å². The number of nitrogens with zero attached hydrogens (tertiary/aromatic N) is 3. The number of anilines is 1. The SMILES string of the molecule is O=C(CC1(O)CCCCC1)N1CCC(Nc2cccnn2)CC1. The Bertz CT molecular complexity index is 509. The molecule has 0 bridgehead atoms. The molecule has 6 nitrogen and oxygen atoms in total. The number of carbonyl (C=O) groups excluding carboxylic acids is 1. The molecule has 6 heteroatoms. The number of aromatic nitrogens is 2. The van der Waals surface area contributed by atoms with Gasteiger partial charge in [-0.2, -0.15) is 5.10 Å². The first-order chi connectivity index (χ1) is 11.1. The van der Waals surface area contributed by atoms with E-state index in [4.69, 9.17) is 0 Å². The first-order valence-corrected chi connectivity index (χ1v) is 8.69. The summed E-state index contributed by atoms with van der Waals surface area (Å²) in [5.74, 6) is 0.890. The van der Waals surface area contributed by atoms with Gasteiger partial charge in [-0.15, -0.1) is 5.10 Å². The van der Waals surface area contributed by atoms with E-state index < -0.39 is 5.60 Å². The summed E-state index contributed by atoms with van der Waals surface area (Å²) >= 11 is 0. The van der Waals surface area contributed by atoms with Crippen LogP contribution in [0.2, 0.25) is 0 Å². The van der Waals surface area contributed by atoms with Crippen LogP contribution in [0, 0.1) is 0 Å². The van der Waals surface area contributed by atoms with Crippen molar-refractivity contribution < 1.29 is 9.90 Å². The van der Waals surface area contributed by atoms with Gasteiger partial charge in [-0.1, -0.05) is 19.3 Å². The van der Waals surface area contributed by atoms with Gasteiger partial charge in [-0.25, -0.2) is 0 Å². The Labute approximate surface area is 137 Å². The quantitative estimate of drug-likeness (QED) is 0.887. The lowest BCUT2D eigenvalue weighted by Crippen LogP contribution is -2.46. The van der Waals surface area contributed by atoms with Gasteiger partial charge in [-0.05, 0) is 37.8 Å². The zero-order chi connectivity index (χ0) is 16.1. The number of nitrogens with one attached hydrogen (secondary N) is 1. The Kier molecular flexibility index (Phi) is 5.10. The van der Waals surface area contributed by atoms with Gasteiger partial charge in [0.25, 0.3) is 0 Å². The first kappa shape index (κ1) is 16.2. The Hall–Kier alpha value is -1.69. The summed E-state index contributed by atoms with van der Waals surface area (Å²) in [6.07, 6.45) is 8.53. The van der Waals surface area contributed by atoms with E-state index in [9.17, 15) is 9.90 Å². The van der Waals surface area contributed by atoms with Crippen LogP contribution in [0.25, 0.3) is 0 Å². The molecule has 3 rings (SSSR count). The summed E-state index contributed by atoms with van der Waals surface area (Å²) in [5.41, 5.74) is -0.760. The van der Waals surface area contributed by atoms with Gasteiger partial charge in [0, 0.05) is 25.3 Å². The maximum absolute atomic E-state index is 12.5. The number of aliphatic hydroxyl groups is 1. The minimum atomic E-state index is -0.760. The molecule has 1 saturated heterocycles. The molecule has 1 aliphatic carbocycles. The summed E-state index contributed by atoms with van der Waals surface area (Å²) < 4.78 is 0. The van der Waals surface area contributed by atoms with Gasteiger partial charge < -0.3 is 15.3 Å². The normalized spacial score (nSPS) is 21.9. The number of hydrogen-bond donors (Lipinski definition) is 2. The average molecular weight is 318 g/mol. The summed E-state index contributed by atoms with van der Waals surface area (Å²) in [5, 5.41) is 21.8. The lowest BCUT2D eigenvalue weighted by molar-refractivity contribution is -0.138. The fraction of sp³-hybridized carbons (Fsp3) is 0.706. The Morgan fingerprint density at radius 3 is 2.70 bits per heavy atom. The summed E-state index contributed by atoms with van der Waals surface area (Å²) in [4.78, 5) is 14.4. The molecule has 0 aromatic carbocycles. The van der Waals surface area contributed by atoms with Crippen molar-refractivity contribution in [2.24, 2.45) is 0 Å². The predicted octanol–water partition coefficient (Wildman–Crippen LogP) is 1.96. The van der Waals surface area contributed by atoms with E-state index in [2.05, 4.69) is 15.5 Å². The van der Waals surface area contributed by atoms with Gasteiger partial charge in [0.05, 0.1) is 12.0 Å². The molecule has 1 amide bonds. The molecule has 1 aromatic heterocycles. The average Bonchev–Trinajstić information content (AvgIpc) is 2.57. The fourth-order valence-electron chi connectivity index (χ4n) is 3.64. The van der Waals surface area contributed by atoms with Crippen LogP contribution in [-0.4, -0.2) is 50.8 Å². The predicted molar refractivity (Wildman–Crippen MR) is 87.9 cm³/mol. The number of amides is 1. The maximum atomic E-state index is 12.5. The Morgan fingerprint density at radius 2 is 2.04 bits per heavy atom. The molecule has 0 radical (unpaired) electrons. The van der Waals surface area contributed by atoms with Gasteiger partial charge in [0.1, 0.15) is 5.82 Å². The monoisotopic (exact) mass is 318 g/mol. The third kappa shape index (κ3) is 4.41. The molecule has 0 atom stereocenters. The van der Waals surface area contributed by atoms with Crippen molar-refractivity contribution in [3.05, 3.63) is 18.3 Å². The topological polar surface area (TPSA) is 78.4 Å². The smallest absolute Gasteiger partial charge is 0.225 e. The number of carbonyl (C=O) groups is 1. The van der Waals surface area contributed by atoms with Crippen molar-refractivity contribution in [2.45, 2.75) is 63.0 Å². The standard InChI is InChI=1S/C17H26N4O2/c22-16(13-17(23)8-2-1-3-9-17)21-11-6-14(7-12-21)19-15-5-4-10-18-20-15/h4-5,10,14,23H,1-3,6-9,11-13H2,(H,19,20). The van der Waals surface area contributed by atoms with Crippen molar-refractivity contribution in [3.8, 4) is 0 Å². The molecule has 1 aromatic rings. The Morgan fingerprint density at radius 1 is 1.30 bits per heavy atom. The van der Waals surface area contributed by atoms with Gasteiger partial charge in [-0.3, -0.25) is 4.79 Å². The summed E-state index contributed by atoms with van der Waals surface area (Å²) in [6, 6.07) is 4.09. The molecule has 2 fully saturated rings. The second kappa shape index (κ2) is 7.25. The molecule has 23 heavy (non-hydrogen) atoms. The van der Waals surface area contributed by atoms with E-state index in [-0.39, 0.29) is 12.3 Å². The van der Waals surface area contributed by atoms with Crippen LogP contribution >= 0.6 is 0 Å². The largest absolute Gasteiger partial charge is 0.389 e. The zero-order valence-corrected chi connectivity index (χ0v) is 13.6. The molecule has 2 aliphatic rings. The van der Waals surface area contributed by atoms with Crippen molar-refractivity contribution in [1.82, 2.24) is 15.1 Å². The number of likely N-dealkylation sites (tertiary alicyclic amines) is 1. The second-order valence-electron chi connectivity index (χ2n) is 6.87. The van der Waals surface area contributed by atoms with E-state index in [0.717, 1.165) is 57.4 Å². The number of rotatable bonds is 4. The van der Waals surface area contributed by atoms with Crippen molar-refractivity contribution in [3.63, 3.8) is 0 Å². The highest BCUT2D eigenvalue weighted by Crippen LogP contribution is 2.31. The molecule has 2 N–H and O–H groups in total. The summed E-state index contributed by atoms with van der Waals surface area (Å²) in [7, 11) is 0. The molecule has 0 spiro atoms. The van der Waals surface area contributed by atoms with E-state index in [0.29, 0.717) is 6.04 Å². The van der Waals surface area contributed by atoms with Crippen LogP contribution in [0.4, 0.5) is 5.82 Å². The lowest BCUT2D eigenvalue weighted by Gasteiger charge is -2.36. The molecule has 126 valence electrons. The maximum Gasteiger partial charge on any atom is 0.225 e. The molecular weight excluding hydrogens is 292 g/mol. The zero-order valence-electron chi connectivity index (χ0n) is 13.6. The highest BCUT2D eigenvalue weighted by atomic mass is 16.3. The van der Waals surface area contributed by atoms with Crippen LogP contribution in [0.5, 0.6) is 0 Å². The third-order valence-electron chi connectivity index (χ3n) is 5.04. The lowest BCUT2D eigenvalue weighted by atomic mass is 9.82. The summed E-state index contributed by atoms with van der Waals surface area (Å²) in [6.45, 7) is 1.49. The van der Waals surface area contributed by atoms with Crippen molar-refractivity contribution in [1.29, 1.82) is 0 Å². The molecule has 2 heterocycles. The second-order valence-corrected chi connectivity index (χ2v) is 6.87. The van der Waals surface area contributed by atoms with Crippen molar-refractivity contribution >= 4 is 11.7 Å². The molecule has 0 unspecified atom stereocenters. The number of hydrogen-bond acceptors (Lipinski definition) is 5. The van der Waals surface area contributed by atoms with E-state index >= 15 is 0 Å². The van der Waals surface area contributed by atoms with Gasteiger partial charge in [0.15, 0.2) is 0 Å². The van der Waals surface area contributed by atoms with Gasteiger partial charge in [0.2, 0.25) is 5.91 Å². The highest BCUT2D eigenvalue weighted by Gasteiger charge is 2.34. The first-order valence-electron chi connectivity index (χ1n) is 8.69. The molecule has 1 saturated carbocycles. The molecular formula is C17H26N4O2. The highest BCUT2D eigenvalue weighted by molar-refractivity contribution is 5.77. The van der Waals surface area contributed by atoms with E-state index in [1.807, 2.05) is 17.0 Å². The minimum absolute atomic E-state index is 0.104. The van der Waals surface area contributed by atoms with Crippen LogP contribution in [0.15, 0.2) is 18.3 Å². The fourth-order valence-corrected chi connectivity index (χ4v) is 3.64. The number of piperidine rings is 1. The van der Waals surface area contributed by atoms with E-state index in [1.165, 1.54) is 6.42 Å².